The van der Waals surface area contributed by atoms with Gasteiger partial charge in [-0.2, -0.15) is 0 Å². The summed E-state index contributed by atoms with van der Waals surface area (Å²) in [6.07, 6.45) is 3.61. The summed E-state index contributed by atoms with van der Waals surface area (Å²) in [5.41, 5.74) is 1.65. The second-order valence-corrected chi connectivity index (χ2v) is 6.93. The molecule has 0 aliphatic rings. The molecule has 0 spiro atoms. The molecule has 1 N–H and O–H groups in total. The molecule has 1 heterocycles. The van der Waals surface area contributed by atoms with Crippen LogP contribution in [0.2, 0.25) is 0 Å². The van der Waals surface area contributed by atoms with Crippen LogP contribution in [0.4, 0.5) is 0 Å². The predicted octanol–water partition coefficient (Wildman–Crippen LogP) is 4.25. The Kier molecular flexibility index (Phi) is 5.73. The van der Waals surface area contributed by atoms with E-state index in [0.717, 1.165) is 15.9 Å². The van der Waals surface area contributed by atoms with Gasteiger partial charge in [0.2, 0.25) is 0 Å². The molecule has 0 radical (unpaired) electrons. The maximum atomic E-state index is 12.4. The van der Waals surface area contributed by atoms with Gasteiger partial charge in [0.05, 0.1) is 6.04 Å². The van der Waals surface area contributed by atoms with Crippen molar-refractivity contribution < 1.29 is 9.53 Å². The lowest BCUT2D eigenvalue weighted by atomic mass is 10.1. The zero-order valence-electron chi connectivity index (χ0n) is 14.6. The summed E-state index contributed by atoms with van der Waals surface area (Å²) in [6, 6.07) is 14.9. The van der Waals surface area contributed by atoms with E-state index in [0.29, 0.717) is 17.9 Å². The van der Waals surface area contributed by atoms with Crippen molar-refractivity contribution in [2.24, 2.45) is 7.05 Å². The molecule has 3 rings (SSSR count). The average Bonchev–Trinajstić information content (AvgIpc) is 3.06. The fourth-order valence-corrected chi connectivity index (χ4v) is 2.77. The van der Waals surface area contributed by atoms with E-state index in [1.807, 2.05) is 49.0 Å². The van der Waals surface area contributed by atoms with Crippen LogP contribution in [-0.4, -0.2) is 15.5 Å². The van der Waals surface area contributed by atoms with Crippen molar-refractivity contribution in [2.75, 3.05) is 0 Å². The Bertz CT molecular complexity index is 873. The largest absolute Gasteiger partial charge is 0.486 e. The molecule has 0 aliphatic carbocycles. The number of aromatic nitrogens is 2. The molecule has 5 nitrogen and oxygen atoms in total. The molecule has 1 atom stereocenters. The average molecular weight is 414 g/mol. The van der Waals surface area contributed by atoms with Crippen molar-refractivity contribution in [1.82, 2.24) is 14.9 Å². The minimum atomic E-state index is -0.115. The van der Waals surface area contributed by atoms with E-state index in [9.17, 15) is 4.79 Å². The predicted molar refractivity (Wildman–Crippen MR) is 104 cm³/mol. The number of rotatable bonds is 6. The standard InChI is InChI=1S/C20H20BrN3O2/c1-14(15-3-7-17(21)8-4-15)23-20(25)16-5-9-18(10-6-16)26-13-19-22-11-12-24(19)2/h3-12,14H,13H2,1-2H3,(H,23,25). The van der Waals surface area contributed by atoms with Gasteiger partial charge >= 0.3 is 0 Å². The summed E-state index contributed by atoms with van der Waals surface area (Å²) in [7, 11) is 1.92. The summed E-state index contributed by atoms with van der Waals surface area (Å²) in [4.78, 5) is 16.6. The van der Waals surface area contributed by atoms with Gasteiger partial charge in [0.1, 0.15) is 18.2 Å². The minimum absolute atomic E-state index is 0.0741. The first-order chi connectivity index (χ1) is 12.5. The minimum Gasteiger partial charge on any atom is -0.486 e. The van der Waals surface area contributed by atoms with E-state index in [2.05, 4.69) is 26.2 Å². The van der Waals surface area contributed by atoms with Gasteiger partial charge in [0.15, 0.2) is 0 Å². The number of hydrogen-bond donors (Lipinski definition) is 1. The van der Waals surface area contributed by atoms with Crippen molar-refractivity contribution in [2.45, 2.75) is 19.6 Å². The van der Waals surface area contributed by atoms with E-state index in [4.69, 9.17) is 4.74 Å². The highest BCUT2D eigenvalue weighted by Crippen LogP contribution is 2.18. The summed E-state index contributed by atoms with van der Waals surface area (Å²) in [6.45, 7) is 2.35. The SMILES string of the molecule is CC(NC(=O)c1ccc(OCc2nccn2C)cc1)c1ccc(Br)cc1. The number of aryl methyl sites for hydroxylation is 1. The van der Waals surface area contributed by atoms with Crippen molar-refractivity contribution in [3.8, 4) is 5.75 Å². The van der Waals surface area contributed by atoms with Crippen LogP contribution in [0, 0.1) is 0 Å². The zero-order chi connectivity index (χ0) is 18.5. The van der Waals surface area contributed by atoms with E-state index >= 15 is 0 Å². The van der Waals surface area contributed by atoms with E-state index < -0.39 is 0 Å². The first-order valence-corrected chi connectivity index (χ1v) is 9.07. The van der Waals surface area contributed by atoms with Gasteiger partial charge in [-0.05, 0) is 48.9 Å². The number of carbonyl (C=O) groups is 1. The Morgan fingerprint density at radius 3 is 2.50 bits per heavy atom. The number of nitrogens with zero attached hydrogens (tertiary/aromatic N) is 2. The maximum absolute atomic E-state index is 12.4. The third-order valence-electron chi connectivity index (χ3n) is 4.12. The van der Waals surface area contributed by atoms with Crippen molar-refractivity contribution in [1.29, 1.82) is 0 Å². The topological polar surface area (TPSA) is 56.1 Å². The third kappa shape index (κ3) is 4.52. The van der Waals surface area contributed by atoms with E-state index in [1.165, 1.54) is 0 Å². The lowest BCUT2D eigenvalue weighted by molar-refractivity contribution is 0.0940. The molecular weight excluding hydrogens is 394 g/mol. The van der Waals surface area contributed by atoms with E-state index in [-0.39, 0.29) is 11.9 Å². The first-order valence-electron chi connectivity index (χ1n) is 8.28. The smallest absolute Gasteiger partial charge is 0.251 e. The molecule has 134 valence electrons. The highest BCUT2D eigenvalue weighted by molar-refractivity contribution is 9.10. The summed E-state index contributed by atoms with van der Waals surface area (Å²) < 4.78 is 8.63. The number of hydrogen-bond acceptors (Lipinski definition) is 3. The van der Waals surface area contributed by atoms with Gasteiger partial charge in [-0.25, -0.2) is 4.98 Å². The molecule has 1 unspecified atom stereocenters. The van der Waals surface area contributed by atoms with Gasteiger partial charge in [0, 0.05) is 29.5 Å². The number of amides is 1. The Morgan fingerprint density at radius 1 is 1.19 bits per heavy atom. The van der Waals surface area contributed by atoms with Gasteiger partial charge in [-0.1, -0.05) is 28.1 Å². The molecule has 0 bridgehead atoms. The zero-order valence-corrected chi connectivity index (χ0v) is 16.2. The van der Waals surface area contributed by atoms with Gasteiger partial charge in [0.25, 0.3) is 5.91 Å². The Morgan fingerprint density at radius 2 is 1.88 bits per heavy atom. The summed E-state index contributed by atoms with van der Waals surface area (Å²) in [5, 5.41) is 3.00. The van der Waals surface area contributed by atoms with Crippen LogP contribution in [0.15, 0.2) is 65.4 Å². The number of benzene rings is 2. The van der Waals surface area contributed by atoms with Crippen LogP contribution in [-0.2, 0) is 13.7 Å². The number of halogens is 1. The summed E-state index contributed by atoms with van der Waals surface area (Å²) in [5.74, 6) is 1.43. The summed E-state index contributed by atoms with van der Waals surface area (Å²) >= 11 is 3.41. The van der Waals surface area contributed by atoms with E-state index in [1.54, 1.807) is 30.5 Å². The van der Waals surface area contributed by atoms with Crippen LogP contribution < -0.4 is 10.1 Å². The second kappa shape index (κ2) is 8.19. The molecule has 26 heavy (non-hydrogen) atoms. The Labute approximate surface area is 161 Å². The number of carbonyl (C=O) groups excluding carboxylic acids is 1. The monoisotopic (exact) mass is 413 g/mol. The number of ether oxygens (including phenoxy) is 1. The highest BCUT2D eigenvalue weighted by atomic mass is 79.9. The van der Waals surface area contributed by atoms with Crippen LogP contribution in [0.3, 0.4) is 0 Å². The van der Waals surface area contributed by atoms with Gasteiger partial charge in [-0.15, -0.1) is 0 Å². The molecule has 0 fully saturated rings. The van der Waals surface area contributed by atoms with Crippen LogP contribution >= 0.6 is 15.9 Å². The normalized spacial score (nSPS) is 11.8. The molecule has 6 heteroatoms. The molecule has 2 aromatic carbocycles. The lowest BCUT2D eigenvalue weighted by Crippen LogP contribution is -2.26. The molecule has 1 aromatic heterocycles. The third-order valence-corrected chi connectivity index (χ3v) is 4.65. The molecule has 0 saturated carbocycles. The Balaban J connectivity index is 1.58. The van der Waals surface area contributed by atoms with Gasteiger partial charge < -0.3 is 14.6 Å². The fraction of sp³-hybridized carbons (Fsp3) is 0.200. The first kappa shape index (κ1) is 18.2. The van der Waals surface area contributed by atoms with Crippen molar-refractivity contribution in [3.63, 3.8) is 0 Å². The quantitative estimate of drug-likeness (QED) is 0.656. The second-order valence-electron chi connectivity index (χ2n) is 6.01. The lowest BCUT2D eigenvalue weighted by Gasteiger charge is -2.15. The highest BCUT2D eigenvalue weighted by Gasteiger charge is 2.11. The Hall–Kier alpha value is -2.60. The number of nitrogens with one attached hydrogen (secondary N) is 1. The molecule has 0 saturated heterocycles. The van der Waals surface area contributed by atoms with Crippen LogP contribution in [0.1, 0.15) is 34.7 Å². The maximum Gasteiger partial charge on any atom is 0.251 e. The molecule has 0 aliphatic heterocycles. The van der Waals surface area contributed by atoms with Crippen LogP contribution in [0.5, 0.6) is 5.75 Å². The van der Waals surface area contributed by atoms with Crippen LogP contribution in [0.25, 0.3) is 0 Å². The molecular formula is C20H20BrN3O2. The van der Waals surface area contributed by atoms with Crippen molar-refractivity contribution in [3.05, 3.63) is 82.3 Å². The van der Waals surface area contributed by atoms with Gasteiger partial charge in [-0.3, -0.25) is 4.79 Å². The molecule has 1 amide bonds. The fourth-order valence-electron chi connectivity index (χ4n) is 2.50. The molecule has 3 aromatic rings. The number of imidazole rings is 1. The van der Waals surface area contributed by atoms with Crippen molar-refractivity contribution >= 4 is 21.8 Å².